The molecule has 50 heavy (non-hydrogen) atoms. The van der Waals surface area contributed by atoms with Gasteiger partial charge in [0.05, 0.1) is 6.61 Å². The average molecular weight is 725 g/mol. The summed E-state index contributed by atoms with van der Waals surface area (Å²) in [5.74, 6) is -1.61. The number of rotatable bonds is 36. The quantitative estimate of drug-likeness (QED) is 0.0284. The number of aliphatic hydroxyl groups excluding tert-OH is 1. The van der Waals surface area contributed by atoms with Crippen molar-refractivity contribution in [1.82, 2.24) is 0 Å². The number of unbranched alkanes of at least 4 members (excludes halogenated alkanes) is 18. The van der Waals surface area contributed by atoms with Crippen molar-refractivity contribution in [2.45, 2.75) is 192 Å². The van der Waals surface area contributed by atoms with Gasteiger partial charge in [0.1, 0.15) is 0 Å². The van der Waals surface area contributed by atoms with Crippen LogP contribution in [0.5, 0.6) is 0 Å². The number of aliphatic hydroxyl groups is 2. The lowest BCUT2D eigenvalue weighted by Gasteiger charge is -2.30. The van der Waals surface area contributed by atoms with E-state index in [-0.39, 0.29) is 12.8 Å². The molecule has 0 bridgehead atoms. The number of hydrogen-bond donors (Lipinski definition) is 4. The van der Waals surface area contributed by atoms with Crippen LogP contribution < -0.4 is 0 Å². The molecule has 8 nitrogen and oxygen atoms in total. The molecule has 0 aromatic rings. The van der Waals surface area contributed by atoms with Crippen molar-refractivity contribution in [1.29, 1.82) is 0 Å². The third kappa shape index (κ3) is 29.0. The molecular weight excluding hydrogens is 651 g/mol. The van der Waals surface area contributed by atoms with Crippen LogP contribution in [-0.4, -0.2) is 49.9 Å². The third-order valence-electron chi connectivity index (χ3n) is 8.95. The molecule has 0 heterocycles. The highest BCUT2D eigenvalue weighted by atomic mass is 31.2. The van der Waals surface area contributed by atoms with Gasteiger partial charge >= 0.3 is 7.82 Å². The molecule has 2 atom stereocenters. The molecule has 2 unspecified atom stereocenters. The lowest BCUT2D eigenvalue weighted by atomic mass is 9.86. The van der Waals surface area contributed by atoms with Crippen molar-refractivity contribution < 1.29 is 38.7 Å². The Morgan fingerprint density at radius 3 is 1.40 bits per heavy atom. The fourth-order valence-corrected chi connectivity index (χ4v) is 6.09. The minimum Gasteiger partial charge on any atom is -0.382 e. The van der Waals surface area contributed by atoms with Crippen LogP contribution in [0.3, 0.4) is 0 Å². The second-order valence-electron chi connectivity index (χ2n) is 13.7. The van der Waals surface area contributed by atoms with Gasteiger partial charge in [0, 0.05) is 12.8 Å². The zero-order valence-electron chi connectivity index (χ0n) is 31.7. The van der Waals surface area contributed by atoms with E-state index in [2.05, 4.69) is 54.8 Å². The number of phosphoric ester groups is 1. The molecule has 0 aliphatic rings. The van der Waals surface area contributed by atoms with E-state index >= 15 is 0 Å². The molecule has 0 aromatic heterocycles. The first-order valence-electron chi connectivity index (χ1n) is 19.8. The number of carbonyl (C=O) groups excluding carboxylic acids is 2. The second-order valence-corrected chi connectivity index (χ2v) is 14.9. The number of Topliss-reactive ketones (excluding diaryl/α,β-unsaturated/α-hetero) is 2. The summed E-state index contributed by atoms with van der Waals surface area (Å²) in [5.41, 5.74) is -2.72. The monoisotopic (exact) mass is 725 g/mol. The van der Waals surface area contributed by atoms with Crippen LogP contribution in [0.1, 0.15) is 181 Å². The maximum atomic E-state index is 13.0. The molecule has 0 rings (SSSR count). The van der Waals surface area contributed by atoms with E-state index in [0.717, 1.165) is 51.4 Å². The van der Waals surface area contributed by atoms with Crippen LogP contribution in [-0.2, 0) is 18.7 Å². The lowest BCUT2D eigenvalue weighted by Crippen LogP contribution is -2.56. The number of phosphoric acid groups is 1. The minimum atomic E-state index is -5.05. The van der Waals surface area contributed by atoms with E-state index in [4.69, 9.17) is 9.79 Å². The second kappa shape index (κ2) is 33.2. The number of hydrogen-bond acceptors (Lipinski definition) is 6. The number of carbonyl (C=O) groups is 2. The van der Waals surface area contributed by atoms with Gasteiger partial charge in [-0.25, -0.2) is 4.57 Å². The Bertz CT molecular complexity index is 999. The van der Waals surface area contributed by atoms with Gasteiger partial charge in [-0.2, -0.15) is 0 Å². The van der Waals surface area contributed by atoms with Gasteiger partial charge in [0.15, 0.2) is 23.3 Å². The highest BCUT2D eigenvalue weighted by Gasteiger charge is 2.47. The standard InChI is InChI=1S/C41H73O8P/c1-3-5-7-9-11-13-15-17-19-20-22-24-26-28-30-32-34-36-39(43)41(45,37-49-50(46,47)48)40(44)38(42)35-33-31-29-27-25-23-21-18-16-14-12-10-8-6-4-2/h11,13,17,19,22,24,28,30,40,44-45H,3-10,12,14-16,18,20-21,23,25-27,29,31-37H2,1-2H3,(H2,46,47,48)/b13-11-,19-17-,24-22-,30-28-. The molecule has 0 amide bonds. The molecule has 4 N–H and O–H groups in total. The van der Waals surface area contributed by atoms with Gasteiger partial charge in [-0.15, -0.1) is 0 Å². The van der Waals surface area contributed by atoms with Crippen molar-refractivity contribution >= 4 is 19.4 Å². The van der Waals surface area contributed by atoms with Crippen molar-refractivity contribution in [2.75, 3.05) is 6.61 Å². The Labute approximate surface area is 305 Å². The smallest absolute Gasteiger partial charge is 0.382 e. The highest BCUT2D eigenvalue weighted by molar-refractivity contribution is 7.46. The molecule has 0 saturated heterocycles. The fourth-order valence-electron chi connectivity index (χ4n) is 5.73. The SMILES string of the molecule is CCCCC/C=C\C/C=C\C/C=C\C/C=C\CCCC(=O)C(O)(COP(=O)(O)O)C(O)C(=O)CCCCCCCCCCCCCCCCC. The Balaban J connectivity index is 4.39. The predicted molar refractivity (Wildman–Crippen MR) is 207 cm³/mol. The molecule has 0 saturated carbocycles. The minimum absolute atomic E-state index is 0.0346. The van der Waals surface area contributed by atoms with Gasteiger partial charge in [0.25, 0.3) is 0 Å². The Morgan fingerprint density at radius 2 is 0.960 bits per heavy atom. The third-order valence-corrected chi connectivity index (χ3v) is 9.42. The highest BCUT2D eigenvalue weighted by Crippen LogP contribution is 2.37. The maximum absolute atomic E-state index is 13.0. The lowest BCUT2D eigenvalue weighted by molar-refractivity contribution is -0.165. The molecule has 0 fully saturated rings. The van der Waals surface area contributed by atoms with Gasteiger partial charge in [-0.1, -0.05) is 165 Å². The molecule has 0 aromatic carbocycles. The summed E-state index contributed by atoms with van der Waals surface area (Å²) < 4.78 is 15.7. The van der Waals surface area contributed by atoms with Crippen LogP contribution >= 0.6 is 7.82 Å². The van der Waals surface area contributed by atoms with Crippen molar-refractivity contribution in [3.63, 3.8) is 0 Å². The average Bonchev–Trinajstić information content (AvgIpc) is 3.09. The zero-order chi connectivity index (χ0) is 37.2. The molecular formula is C41H73O8P. The Kier molecular flexibility index (Phi) is 32.1. The fraction of sp³-hybridized carbons (Fsp3) is 0.756. The van der Waals surface area contributed by atoms with Gasteiger partial charge in [0.2, 0.25) is 0 Å². The summed E-state index contributed by atoms with van der Waals surface area (Å²) in [6, 6.07) is 0. The Hall–Kier alpha value is -1.67. The summed E-state index contributed by atoms with van der Waals surface area (Å²) in [4.78, 5) is 44.0. The largest absolute Gasteiger partial charge is 0.469 e. The molecule has 290 valence electrons. The van der Waals surface area contributed by atoms with Gasteiger partial charge in [-0.3, -0.25) is 14.1 Å². The summed E-state index contributed by atoms with van der Waals surface area (Å²) in [5, 5.41) is 21.7. The zero-order valence-corrected chi connectivity index (χ0v) is 32.6. The maximum Gasteiger partial charge on any atom is 0.469 e. The van der Waals surface area contributed by atoms with Crippen molar-refractivity contribution in [3.05, 3.63) is 48.6 Å². The molecule has 0 aliphatic carbocycles. The normalized spacial score (nSPS) is 14.4. The van der Waals surface area contributed by atoms with E-state index in [1.165, 1.54) is 83.5 Å². The number of allylic oxidation sites excluding steroid dienone is 8. The molecule has 9 heteroatoms. The van der Waals surface area contributed by atoms with Crippen LogP contribution in [0, 0.1) is 0 Å². The molecule has 0 spiro atoms. The topological polar surface area (TPSA) is 141 Å². The van der Waals surface area contributed by atoms with E-state index in [9.17, 15) is 24.4 Å². The summed E-state index contributed by atoms with van der Waals surface area (Å²) in [6.45, 7) is 3.29. The first-order valence-corrected chi connectivity index (χ1v) is 21.4. The van der Waals surface area contributed by atoms with E-state index < -0.39 is 37.7 Å². The van der Waals surface area contributed by atoms with Crippen molar-refractivity contribution in [2.24, 2.45) is 0 Å². The van der Waals surface area contributed by atoms with E-state index in [0.29, 0.717) is 19.3 Å². The van der Waals surface area contributed by atoms with Crippen LogP contribution in [0.15, 0.2) is 48.6 Å². The first-order chi connectivity index (χ1) is 24.1. The predicted octanol–water partition coefficient (Wildman–Crippen LogP) is 10.7. The first kappa shape index (κ1) is 48.3. The van der Waals surface area contributed by atoms with Gasteiger partial charge < -0.3 is 20.0 Å². The van der Waals surface area contributed by atoms with Crippen LogP contribution in [0.25, 0.3) is 0 Å². The van der Waals surface area contributed by atoms with Crippen molar-refractivity contribution in [3.8, 4) is 0 Å². The van der Waals surface area contributed by atoms with E-state index in [1.54, 1.807) is 0 Å². The van der Waals surface area contributed by atoms with Crippen LogP contribution in [0.2, 0.25) is 0 Å². The summed E-state index contributed by atoms with van der Waals surface area (Å²) in [7, 11) is -5.05. The Morgan fingerprint density at radius 1 is 0.580 bits per heavy atom. The van der Waals surface area contributed by atoms with Crippen LogP contribution in [0.4, 0.5) is 0 Å². The summed E-state index contributed by atoms with van der Waals surface area (Å²) in [6.07, 6.45) is 40.4. The molecule has 0 aliphatic heterocycles. The van der Waals surface area contributed by atoms with Gasteiger partial charge in [-0.05, 0) is 51.4 Å². The van der Waals surface area contributed by atoms with E-state index in [1.807, 2.05) is 12.2 Å². The number of ketones is 2. The summed E-state index contributed by atoms with van der Waals surface area (Å²) >= 11 is 0. The molecule has 0 radical (unpaired) electrons.